The highest BCUT2D eigenvalue weighted by molar-refractivity contribution is 5.83. The maximum atomic E-state index is 11.1. The number of para-hydroxylation sites is 1. The van der Waals surface area contributed by atoms with Gasteiger partial charge in [0.15, 0.2) is 0 Å². The Bertz CT molecular complexity index is 776. The van der Waals surface area contributed by atoms with Gasteiger partial charge in [-0.2, -0.15) is 0 Å². The lowest BCUT2D eigenvalue weighted by Gasteiger charge is -1.97. The highest BCUT2D eigenvalue weighted by atomic mass is 16.5. The lowest BCUT2D eigenvalue weighted by Crippen LogP contribution is -2.01. The van der Waals surface area contributed by atoms with E-state index in [1.165, 1.54) is 18.1 Å². The molecule has 22 heavy (non-hydrogen) atoms. The number of hydrogen-bond acceptors (Lipinski definition) is 5. The third-order valence-corrected chi connectivity index (χ3v) is 3.56. The van der Waals surface area contributed by atoms with Gasteiger partial charge < -0.3 is 14.1 Å². The lowest BCUT2D eigenvalue weighted by atomic mass is 10.1. The summed E-state index contributed by atoms with van der Waals surface area (Å²) in [6.07, 6.45) is 4.17. The molecular formula is C16H17N3O3. The van der Waals surface area contributed by atoms with Crippen molar-refractivity contribution in [1.82, 2.24) is 15.2 Å². The fourth-order valence-corrected chi connectivity index (χ4v) is 2.38. The van der Waals surface area contributed by atoms with Gasteiger partial charge in [-0.3, -0.25) is 4.79 Å². The first kappa shape index (κ1) is 14.3. The van der Waals surface area contributed by atoms with Crippen molar-refractivity contribution in [1.29, 1.82) is 0 Å². The highest BCUT2D eigenvalue weighted by Gasteiger charge is 2.10. The molecule has 0 fully saturated rings. The van der Waals surface area contributed by atoms with Crippen LogP contribution in [0.4, 0.5) is 0 Å². The average Bonchev–Trinajstić information content (AvgIpc) is 3.17. The summed E-state index contributed by atoms with van der Waals surface area (Å²) < 4.78 is 10.1. The number of esters is 1. The number of aromatic amines is 1. The molecule has 1 N–H and O–H groups in total. The Morgan fingerprint density at radius 3 is 2.77 bits per heavy atom. The molecule has 3 aromatic rings. The van der Waals surface area contributed by atoms with Crippen LogP contribution in [0.15, 0.2) is 34.9 Å². The molecule has 0 radical (unpaired) electrons. The van der Waals surface area contributed by atoms with Crippen molar-refractivity contribution in [2.24, 2.45) is 0 Å². The maximum Gasteiger partial charge on any atom is 0.306 e. The molecular weight excluding hydrogens is 282 g/mol. The molecule has 0 spiro atoms. The van der Waals surface area contributed by atoms with Crippen molar-refractivity contribution in [3.05, 3.63) is 47.8 Å². The SMILES string of the molecule is COC(=O)CCc1nnc(CCc2c[nH]c3ccccc23)o1. The number of fused-ring (bicyclic) bond motifs is 1. The zero-order valence-corrected chi connectivity index (χ0v) is 12.3. The number of carbonyl (C=O) groups excluding carboxylic acids is 1. The molecule has 2 aromatic heterocycles. The smallest absolute Gasteiger partial charge is 0.306 e. The van der Waals surface area contributed by atoms with E-state index in [4.69, 9.17) is 4.42 Å². The fraction of sp³-hybridized carbons (Fsp3) is 0.312. The van der Waals surface area contributed by atoms with Crippen LogP contribution in [0.25, 0.3) is 10.9 Å². The first-order valence-electron chi connectivity index (χ1n) is 7.19. The summed E-state index contributed by atoms with van der Waals surface area (Å²) >= 11 is 0. The van der Waals surface area contributed by atoms with Crippen molar-refractivity contribution >= 4 is 16.9 Å². The molecule has 6 heteroatoms. The van der Waals surface area contributed by atoms with Crippen LogP contribution in [0.1, 0.15) is 23.8 Å². The molecule has 0 unspecified atom stereocenters. The second-order valence-corrected chi connectivity index (χ2v) is 5.03. The molecule has 6 nitrogen and oxygen atoms in total. The second-order valence-electron chi connectivity index (χ2n) is 5.03. The topological polar surface area (TPSA) is 81.0 Å². The Kier molecular flexibility index (Phi) is 4.18. The van der Waals surface area contributed by atoms with E-state index in [0.717, 1.165) is 11.9 Å². The van der Waals surface area contributed by atoms with Gasteiger partial charge in [0.05, 0.1) is 13.5 Å². The van der Waals surface area contributed by atoms with Crippen LogP contribution in [-0.4, -0.2) is 28.3 Å². The number of nitrogens with one attached hydrogen (secondary N) is 1. The predicted molar refractivity (Wildman–Crippen MR) is 80.3 cm³/mol. The Hall–Kier alpha value is -2.63. The number of H-pyrrole nitrogens is 1. The summed E-state index contributed by atoms with van der Waals surface area (Å²) in [5, 5.41) is 9.19. The first-order valence-corrected chi connectivity index (χ1v) is 7.19. The molecule has 0 aliphatic carbocycles. The molecule has 0 atom stereocenters. The third-order valence-electron chi connectivity index (χ3n) is 3.56. The quantitative estimate of drug-likeness (QED) is 0.707. The van der Waals surface area contributed by atoms with Crippen molar-refractivity contribution in [3.63, 3.8) is 0 Å². The Balaban J connectivity index is 1.60. The zero-order valence-electron chi connectivity index (χ0n) is 12.3. The molecule has 0 aliphatic rings. The van der Waals surface area contributed by atoms with Gasteiger partial charge >= 0.3 is 5.97 Å². The molecule has 0 saturated heterocycles. The van der Waals surface area contributed by atoms with Crippen LogP contribution < -0.4 is 0 Å². The van der Waals surface area contributed by atoms with Gasteiger partial charge in [-0.1, -0.05) is 18.2 Å². The van der Waals surface area contributed by atoms with Gasteiger partial charge in [0.1, 0.15) is 0 Å². The number of nitrogens with zero attached hydrogens (tertiary/aromatic N) is 2. The molecule has 3 rings (SSSR count). The van der Waals surface area contributed by atoms with E-state index in [0.29, 0.717) is 24.6 Å². The minimum absolute atomic E-state index is 0.251. The molecule has 2 heterocycles. The molecule has 0 aliphatic heterocycles. The monoisotopic (exact) mass is 299 g/mol. The maximum absolute atomic E-state index is 11.1. The van der Waals surface area contributed by atoms with E-state index >= 15 is 0 Å². The Labute approximate surface area is 127 Å². The number of benzene rings is 1. The molecule has 1 aromatic carbocycles. The van der Waals surface area contributed by atoms with Crippen molar-refractivity contribution in [3.8, 4) is 0 Å². The summed E-state index contributed by atoms with van der Waals surface area (Å²) in [6, 6.07) is 8.18. The Morgan fingerprint density at radius 1 is 1.18 bits per heavy atom. The number of aromatic nitrogens is 3. The molecule has 114 valence electrons. The van der Waals surface area contributed by atoms with Gasteiger partial charge in [-0.15, -0.1) is 10.2 Å². The summed E-state index contributed by atoms with van der Waals surface area (Å²) in [5.41, 5.74) is 2.35. The summed E-state index contributed by atoms with van der Waals surface area (Å²) in [7, 11) is 1.36. The number of rotatable bonds is 6. The fourth-order valence-electron chi connectivity index (χ4n) is 2.38. The van der Waals surface area contributed by atoms with Gasteiger partial charge in [0.2, 0.25) is 11.8 Å². The number of hydrogen-bond donors (Lipinski definition) is 1. The van der Waals surface area contributed by atoms with Crippen LogP contribution in [0, 0.1) is 0 Å². The van der Waals surface area contributed by atoms with Crippen molar-refractivity contribution in [2.75, 3.05) is 7.11 Å². The lowest BCUT2D eigenvalue weighted by molar-refractivity contribution is -0.140. The van der Waals surface area contributed by atoms with Crippen LogP contribution >= 0.6 is 0 Å². The van der Waals surface area contributed by atoms with E-state index in [1.807, 2.05) is 18.3 Å². The number of carbonyl (C=O) groups is 1. The normalized spacial score (nSPS) is 11.0. The molecule has 0 saturated carbocycles. The standard InChI is InChI=1S/C16H17N3O3/c1-21-16(20)9-8-15-19-18-14(22-15)7-6-11-10-17-13-5-3-2-4-12(11)13/h2-5,10,17H,6-9H2,1H3. The summed E-state index contributed by atoms with van der Waals surface area (Å²) in [4.78, 5) is 14.3. The minimum Gasteiger partial charge on any atom is -0.469 e. The summed E-state index contributed by atoms with van der Waals surface area (Å²) in [5.74, 6) is 0.781. The van der Waals surface area contributed by atoms with Gasteiger partial charge in [-0.05, 0) is 18.1 Å². The first-order chi connectivity index (χ1) is 10.8. The third kappa shape index (κ3) is 3.16. The van der Waals surface area contributed by atoms with E-state index in [1.54, 1.807) is 0 Å². The van der Waals surface area contributed by atoms with Crippen LogP contribution in [0.3, 0.4) is 0 Å². The number of ether oxygens (including phenoxy) is 1. The highest BCUT2D eigenvalue weighted by Crippen LogP contribution is 2.19. The Morgan fingerprint density at radius 2 is 1.95 bits per heavy atom. The van der Waals surface area contributed by atoms with Crippen LogP contribution in [0.2, 0.25) is 0 Å². The van der Waals surface area contributed by atoms with Gasteiger partial charge in [0.25, 0.3) is 0 Å². The van der Waals surface area contributed by atoms with Gasteiger partial charge in [-0.25, -0.2) is 0 Å². The van der Waals surface area contributed by atoms with E-state index in [2.05, 4.69) is 32.1 Å². The average molecular weight is 299 g/mol. The minimum atomic E-state index is -0.279. The van der Waals surface area contributed by atoms with Crippen LogP contribution in [-0.2, 0) is 28.8 Å². The molecule has 0 bridgehead atoms. The van der Waals surface area contributed by atoms with Gasteiger partial charge in [0, 0.05) is 29.9 Å². The summed E-state index contributed by atoms with van der Waals surface area (Å²) in [6.45, 7) is 0. The van der Waals surface area contributed by atoms with E-state index in [9.17, 15) is 4.79 Å². The largest absolute Gasteiger partial charge is 0.469 e. The van der Waals surface area contributed by atoms with E-state index < -0.39 is 0 Å². The second kappa shape index (κ2) is 6.43. The van der Waals surface area contributed by atoms with Crippen LogP contribution in [0.5, 0.6) is 0 Å². The molecule has 0 amide bonds. The predicted octanol–water partition coefficient (Wildman–Crippen LogP) is 2.44. The van der Waals surface area contributed by atoms with Crippen molar-refractivity contribution < 1.29 is 13.9 Å². The van der Waals surface area contributed by atoms with E-state index in [-0.39, 0.29) is 12.4 Å². The van der Waals surface area contributed by atoms with Crippen molar-refractivity contribution in [2.45, 2.75) is 25.7 Å². The zero-order chi connectivity index (χ0) is 15.4. The number of methoxy groups -OCH3 is 1. The number of aryl methyl sites for hydroxylation is 3.